The second-order valence-corrected chi connectivity index (χ2v) is 8.08. The first kappa shape index (κ1) is 21.4. The van der Waals surface area contributed by atoms with E-state index in [1.165, 1.54) is 7.11 Å². The number of nitrogens with one attached hydrogen (secondary N) is 2. The zero-order valence-corrected chi connectivity index (χ0v) is 18.0. The van der Waals surface area contributed by atoms with Crippen LogP contribution in [0.4, 0.5) is 19.1 Å². The van der Waals surface area contributed by atoms with Crippen molar-refractivity contribution in [3.8, 4) is 17.0 Å². The topological polar surface area (TPSA) is 103 Å². The van der Waals surface area contributed by atoms with E-state index in [1.54, 1.807) is 4.68 Å². The number of H-pyrrole nitrogens is 1. The minimum atomic E-state index is -4.60. The molecule has 0 saturated heterocycles. The van der Waals surface area contributed by atoms with E-state index in [2.05, 4.69) is 35.3 Å². The van der Waals surface area contributed by atoms with Gasteiger partial charge in [0.15, 0.2) is 0 Å². The van der Waals surface area contributed by atoms with Gasteiger partial charge in [0.1, 0.15) is 11.2 Å². The first-order chi connectivity index (χ1) is 15.8. The van der Waals surface area contributed by atoms with Gasteiger partial charge in [-0.25, -0.2) is 4.68 Å². The number of aromatic amines is 1. The fourth-order valence-electron chi connectivity index (χ4n) is 4.33. The Labute approximate surface area is 186 Å². The second kappa shape index (κ2) is 8.18. The second-order valence-electron chi connectivity index (χ2n) is 8.08. The van der Waals surface area contributed by atoms with Crippen molar-refractivity contribution in [2.75, 3.05) is 12.4 Å². The molecule has 0 bridgehead atoms. The molecule has 5 rings (SSSR count). The van der Waals surface area contributed by atoms with E-state index in [0.29, 0.717) is 43.2 Å². The summed E-state index contributed by atoms with van der Waals surface area (Å²) in [4.78, 5) is 12.3. The number of hydrogen-bond donors (Lipinski definition) is 2. The van der Waals surface area contributed by atoms with Gasteiger partial charge in [-0.05, 0) is 43.4 Å². The van der Waals surface area contributed by atoms with E-state index < -0.39 is 12.5 Å². The summed E-state index contributed by atoms with van der Waals surface area (Å²) in [7, 11) is 3.37. The first-order valence-corrected chi connectivity index (χ1v) is 10.5. The summed E-state index contributed by atoms with van der Waals surface area (Å²) in [6.07, 6.45) is -1.88. The largest absolute Gasteiger partial charge is 0.522 e. The van der Waals surface area contributed by atoms with Crippen LogP contribution in [0.3, 0.4) is 0 Å². The van der Waals surface area contributed by atoms with Crippen LogP contribution in [-0.4, -0.2) is 55.6 Å². The molecule has 2 N–H and O–H groups in total. The molecule has 12 heteroatoms. The van der Waals surface area contributed by atoms with Crippen LogP contribution in [0, 0.1) is 0 Å². The highest BCUT2D eigenvalue weighted by Gasteiger charge is 2.35. The summed E-state index contributed by atoms with van der Waals surface area (Å²) in [5.74, 6) is 0.760. The standard InChI is InChI=1S/C21H22F3N7O2/c1-31-16-9-11(3-8-15(16)29-30-31)14-10-25-18-17(14)19(32-2)28-20(27-18)26-12-4-6-13(7-5-12)33-21(22,23)24/h3,8-10,12-13H,4-7H2,1-2H3,(H2,25,26,27,28)/t12-,13+. The van der Waals surface area contributed by atoms with Crippen LogP contribution in [0.5, 0.6) is 5.88 Å². The number of fused-ring (bicyclic) bond motifs is 2. The van der Waals surface area contributed by atoms with Gasteiger partial charge in [-0.2, -0.15) is 9.97 Å². The summed E-state index contributed by atoms with van der Waals surface area (Å²) >= 11 is 0. The van der Waals surface area contributed by atoms with Crippen LogP contribution < -0.4 is 10.1 Å². The Hall–Kier alpha value is -3.41. The van der Waals surface area contributed by atoms with Crippen LogP contribution in [0.1, 0.15) is 25.7 Å². The highest BCUT2D eigenvalue weighted by atomic mass is 19.4. The van der Waals surface area contributed by atoms with Crippen LogP contribution in [0.15, 0.2) is 24.4 Å². The number of methoxy groups -OCH3 is 1. The van der Waals surface area contributed by atoms with Gasteiger partial charge >= 0.3 is 6.36 Å². The summed E-state index contributed by atoms with van der Waals surface area (Å²) in [6, 6.07) is 5.80. The molecule has 4 aromatic rings. The maximum atomic E-state index is 12.4. The zero-order valence-electron chi connectivity index (χ0n) is 18.0. The average Bonchev–Trinajstić information content (AvgIpc) is 3.37. The fraction of sp³-hybridized carbons (Fsp3) is 0.429. The molecule has 174 valence electrons. The molecule has 3 aromatic heterocycles. The maximum Gasteiger partial charge on any atom is 0.522 e. The van der Waals surface area contributed by atoms with Crippen molar-refractivity contribution in [2.24, 2.45) is 7.05 Å². The Bertz CT molecular complexity index is 1290. The number of ether oxygens (including phenoxy) is 2. The molecule has 1 aliphatic carbocycles. The molecule has 33 heavy (non-hydrogen) atoms. The Morgan fingerprint density at radius 1 is 1.15 bits per heavy atom. The molecule has 0 amide bonds. The fourth-order valence-corrected chi connectivity index (χ4v) is 4.33. The third-order valence-electron chi connectivity index (χ3n) is 5.92. The van der Waals surface area contributed by atoms with E-state index >= 15 is 0 Å². The molecule has 1 aromatic carbocycles. The third-order valence-corrected chi connectivity index (χ3v) is 5.92. The Morgan fingerprint density at radius 3 is 2.67 bits per heavy atom. The number of alkyl halides is 3. The van der Waals surface area contributed by atoms with Crippen molar-refractivity contribution in [3.63, 3.8) is 0 Å². The van der Waals surface area contributed by atoms with Gasteiger partial charge in [-0.15, -0.1) is 18.3 Å². The van der Waals surface area contributed by atoms with E-state index in [9.17, 15) is 13.2 Å². The molecule has 0 unspecified atom stereocenters. The smallest absolute Gasteiger partial charge is 0.480 e. The molecule has 1 fully saturated rings. The Morgan fingerprint density at radius 2 is 1.94 bits per heavy atom. The van der Waals surface area contributed by atoms with Crippen molar-refractivity contribution < 1.29 is 22.6 Å². The number of aryl methyl sites for hydroxylation is 1. The highest BCUT2D eigenvalue weighted by molar-refractivity contribution is 5.99. The number of rotatable bonds is 5. The summed E-state index contributed by atoms with van der Waals surface area (Å²) in [5, 5.41) is 12.1. The predicted molar refractivity (Wildman–Crippen MR) is 115 cm³/mol. The summed E-state index contributed by atoms with van der Waals surface area (Å²) < 4.78 is 48.7. The highest BCUT2D eigenvalue weighted by Crippen LogP contribution is 2.36. The molecule has 1 saturated carbocycles. The number of benzene rings is 1. The molecular formula is C21H22F3N7O2. The minimum Gasteiger partial charge on any atom is -0.480 e. The van der Waals surface area contributed by atoms with Crippen LogP contribution in [0.2, 0.25) is 0 Å². The van der Waals surface area contributed by atoms with E-state index in [-0.39, 0.29) is 6.04 Å². The van der Waals surface area contributed by atoms with Gasteiger partial charge in [0.2, 0.25) is 11.8 Å². The molecular weight excluding hydrogens is 439 g/mol. The van der Waals surface area contributed by atoms with Gasteiger partial charge in [0, 0.05) is 24.8 Å². The van der Waals surface area contributed by atoms with Gasteiger partial charge < -0.3 is 15.0 Å². The summed E-state index contributed by atoms with van der Waals surface area (Å²) in [5.41, 5.74) is 4.10. The minimum absolute atomic E-state index is 0.0468. The number of aromatic nitrogens is 6. The molecule has 0 aliphatic heterocycles. The Kier molecular flexibility index (Phi) is 5.31. The number of hydrogen-bond acceptors (Lipinski definition) is 7. The van der Waals surface area contributed by atoms with E-state index in [1.807, 2.05) is 31.4 Å². The Balaban J connectivity index is 1.39. The van der Waals surface area contributed by atoms with Crippen LogP contribution in [-0.2, 0) is 11.8 Å². The zero-order chi connectivity index (χ0) is 23.2. The predicted octanol–water partition coefficient (Wildman–Crippen LogP) is 4.17. The normalized spacial score (nSPS) is 19.3. The number of halogens is 3. The lowest BCUT2D eigenvalue weighted by Crippen LogP contribution is -2.33. The van der Waals surface area contributed by atoms with Crippen LogP contribution >= 0.6 is 0 Å². The quantitative estimate of drug-likeness (QED) is 0.460. The maximum absolute atomic E-state index is 12.4. The van der Waals surface area contributed by atoms with Gasteiger partial charge in [-0.3, -0.25) is 4.74 Å². The first-order valence-electron chi connectivity index (χ1n) is 10.5. The molecule has 0 spiro atoms. The van der Waals surface area contributed by atoms with Crippen molar-refractivity contribution in [2.45, 2.75) is 44.2 Å². The van der Waals surface area contributed by atoms with Crippen molar-refractivity contribution >= 4 is 28.0 Å². The summed E-state index contributed by atoms with van der Waals surface area (Å²) in [6.45, 7) is 0. The van der Waals surface area contributed by atoms with Crippen molar-refractivity contribution in [1.29, 1.82) is 0 Å². The molecule has 0 radical (unpaired) electrons. The average molecular weight is 461 g/mol. The molecule has 1 aliphatic rings. The lowest BCUT2D eigenvalue weighted by Gasteiger charge is -2.29. The SMILES string of the molecule is COc1nc(N[C@H]2CC[C@@H](OC(F)(F)F)CC2)nc2[nH]cc(-c3ccc4nnn(C)c4c3)c12. The molecule has 3 heterocycles. The van der Waals surface area contributed by atoms with Crippen molar-refractivity contribution in [1.82, 2.24) is 29.9 Å². The van der Waals surface area contributed by atoms with E-state index in [4.69, 9.17) is 4.74 Å². The van der Waals surface area contributed by atoms with Gasteiger partial charge in [-0.1, -0.05) is 11.3 Å². The van der Waals surface area contributed by atoms with E-state index in [0.717, 1.165) is 27.5 Å². The molecule has 9 nitrogen and oxygen atoms in total. The van der Waals surface area contributed by atoms with Crippen LogP contribution in [0.25, 0.3) is 33.2 Å². The lowest BCUT2D eigenvalue weighted by atomic mass is 9.93. The van der Waals surface area contributed by atoms with Gasteiger partial charge in [0.25, 0.3) is 0 Å². The van der Waals surface area contributed by atoms with Crippen molar-refractivity contribution in [3.05, 3.63) is 24.4 Å². The van der Waals surface area contributed by atoms with Gasteiger partial charge in [0.05, 0.1) is 24.1 Å². The molecule has 0 atom stereocenters. The number of anilines is 1. The monoisotopic (exact) mass is 461 g/mol. The lowest BCUT2D eigenvalue weighted by molar-refractivity contribution is -0.345. The number of nitrogens with zero attached hydrogens (tertiary/aromatic N) is 5. The third kappa shape index (κ3) is 4.30.